The van der Waals surface area contributed by atoms with E-state index in [-0.39, 0.29) is 12.2 Å². The number of methoxy groups -OCH3 is 1. The lowest BCUT2D eigenvalue weighted by molar-refractivity contribution is -0.136. The molecule has 0 saturated carbocycles. The van der Waals surface area contributed by atoms with Gasteiger partial charge in [-0.15, -0.1) is 0 Å². The van der Waals surface area contributed by atoms with Gasteiger partial charge in [0.25, 0.3) is 0 Å². The molecule has 1 aromatic heterocycles. The quantitative estimate of drug-likeness (QED) is 0.938. The molecule has 0 radical (unpaired) electrons. The van der Waals surface area contributed by atoms with Crippen LogP contribution in [-0.2, 0) is 11.2 Å². The molecule has 88 valence electrons. The van der Waals surface area contributed by atoms with Gasteiger partial charge in [0.15, 0.2) is 0 Å². The molecule has 5 nitrogen and oxygen atoms in total. The van der Waals surface area contributed by atoms with Gasteiger partial charge in [-0.3, -0.25) is 4.79 Å². The van der Waals surface area contributed by atoms with Crippen molar-refractivity contribution >= 4 is 32.8 Å². The van der Waals surface area contributed by atoms with Crippen molar-refractivity contribution in [1.82, 2.24) is 9.97 Å². The highest BCUT2D eigenvalue weighted by Crippen LogP contribution is 2.29. The van der Waals surface area contributed by atoms with E-state index in [9.17, 15) is 4.79 Å². The summed E-state index contributed by atoms with van der Waals surface area (Å²) in [5, 5.41) is 9.47. The molecule has 17 heavy (non-hydrogen) atoms. The van der Waals surface area contributed by atoms with Crippen LogP contribution in [0.25, 0.3) is 10.9 Å². The van der Waals surface area contributed by atoms with Crippen molar-refractivity contribution in [2.45, 2.75) is 6.42 Å². The zero-order chi connectivity index (χ0) is 12.4. The van der Waals surface area contributed by atoms with Crippen LogP contribution >= 0.6 is 15.9 Å². The lowest BCUT2D eigenvalue weighted by Crippen LogP contribution is -2.06. The van der Waals surface area contributed by atoms with Crippen molar-refractivity contribution < 1.29 is 14.6 Å². The first-order valence-electron chi connectivity index (χ1n) is 4.82. The van der Waals surface area contributed by atoms with Crippen LogP contribution in [-0.4, -0.2) is 28.2 Å². The normalized spacial score (nSPS) is 10.5. The minimum absolute atomic E-state index is 0.223. The minimum atomic E-state index is -0.971. The number of fused-ring (bicyclic) bond motifs is 1. The Morgan fingerprint density at radius 1 is 1.47 bits per heavy atom. The second kappa shape index (κ2) is 4.67. The van der Waals surface area contributed by atoms with Crippen molar-refractivity contribution in [3.63, 3.8) is 0 Å². The molecular weight excluding hydrogens is 288 g/mol. The molecule has 0 atom stereocenters. The Hall–Kier alpha value is -1.69. The monoisotopic (exact) mass is 296 g/mol. The average molecular weight is 297 g/mol. The number of hydrogen-bond acceptors (Lipinski definition) is 4. The van der Waals surface area contributed by atoms with Crippen molar-refractivity contribution in [2.24, 2.45) is 0 Å². The fraction of sp³-hybridized carbons (Fsp3) is 0.182. The van der Waals surface area contributed by atoms with Crippen molar-refractivity contribution in [2.75, 3.05) is 7.11 Å². The average Bonchev–Trinajstić information content (AvgIpc) is 2.27. The van der Waals surface area contributed by atoms with Gasteiger partial charge in [0.1, 0.15) is 12.2 Å². The summed E-state index contributed by atoms with van der Waals surface area (Å²) < 4.78 is 5.97. The molecule has 1 aromatic carbocycles. The van der Waals surface area contributed by atoms with Gasteiger partial charge in [0.2, 0.25) is 5.88 Å². The SMILES string of the molecule is COc1nc(CC(=O)O)nc2cccc(Br)c12. The third-order valence-electron chi connectivity index (χ3n) is 2.19. The first kappa shape index (κ1) is 11.8. The molecule has 0 unspecified atom stereocenters. The molecular formula is C11H9BrN2O3. The van der Waals surface area contributed by atoms with Gasteiger partial charge in [0.05, 0.1) is 18.0 Å². The van der Waals surface area contributed by atoms with Gasteiger partial charge in [-0.2, -0.15) is 4.98 Å². The number of nitrogens with zero attached hydrogens (tertiary/aromatic N) is 2. The first-order chi connectivity index (χ1) is 8.11. The molecule has 0 bridgehead atoms. The topological polar surface area (TPSA) is 72.3 Å². The van der Waals surface area contributed by atoms with Crippen LogP contribution in [0, 0.1) is 0 Å². The van der Waals surface area contributed by atoms with Crippen LogP contribution in [0.5, 0.6) is 5.88 Å². The number of halogens is 1. The summed E-state index contributed by atoms with van der Waals surface area (Å²) in [6, 6.07) is 5.46. The van der Waals surface area contributed by atoms with Crippen LogP contribution in [0.3, 0.4) is 0 Å². The smallest absolute Gasteiger partial charge is 0.311 e. The molecule has 0 fully saturated rings. The fourth-order valence-electron chi connectivity index (χ4n) is 1.52. The predicted molar refractivity (Wildman–Crippen MR) is 65.1 cm³/mol. The van der Waals surface area contributed by atoms with Crippen LogP contribution < -0.4 is 4.74 Å². The van der Waals surface area contributed by atoms with Crippen molar-refractivity contribution in [3.8, 4) is 5.88 Å². The van der Waals surface area contributed by atoms with E-state index < -0.39 is 5.97 Å². The molecule has 2 aromatic rings. The zero-order valence-corrected chi connectivity index (χ0v) is 10.6. The zero-order valence-electron chi connectivity index (χ0n) is 8.98. The Bertz CT molecular complexity index is 586. The maximum absolute atomic E-state index is 10.6. The van der Waals surface area contributed by atoms with Crippen molar-refractivity contribution in [1.29, 1.82) is 0 Å². The molecule has 2 rings (SSSR count). The number of benzene rings is 1. The summed E-state index contributed by atoms with van der Waals surface area (Å²) in [5.41, 5.74) is 0.655. The lowest BCUT2D eigenvalue weighted by atomic mass is 10.2. The number of carboxylic acid groups (broad SMARTS) is 1. The summed E-state index contributed by atoms with van der Waals surface area (Å²) in [6.07, 6.45) is -0.223. The number of carbonyl (C=O) groups is 1. The standard InChI is InChI=1S/C11H9BrN2O3/c1-17-11-10-6(12)3-2-4-7(10)13-8(14-11)5-9(15)16/h2-4H,5H2,1H3,(H,15,16). The number of rotatable bonds is 3. The molecule has 0 aliphatic heterocycles. The number of ether oxygens (including phenoxy) is 1. The molecule has 0 saturated heterocycles. The molecule has 1 N–H and O–H groups in total. The Balaban J connectivity index is 2.66. The number of aromatic nitrogens is 2. The number of aliphatic carboxylic acids is 1. The van der Waals surface area contributed by atoms with Gasteiger partial charge < -0.3 is 9.84 Å². The van der Waals surface area contributed by atoms with Gasteiger partial charge in [0, 0.05) is 4.47 Å². The summed E-state index contributed by atoms with van der Waals surface area (Å²) in [4.78, 5) is 18.9. The van der Waals surface area contributed by atoms with Crippen molar-refractivity contribution in [3.05, 3.63) is 28.5 Å². The lowest BCUT2D eigenvalue weighted by Gasteiger charge is -2.07. The van der Waals surface area contributed by atoms with Crippen LogP contribution in [0.1, 0.15) is 5.82 Å². The molecule has 0 aliphatic rings. The maximum Gasteiger partial charge on any atom is 0.311 e. The van der Waals surface area contributed by atoms with E-state index in [0.29, 0.717) is 11.4 Å². The second-order valence-corrected chi connectivity index (χ2v) is 4.21. The highest BCUT2D eigenvalue weighted by molar-refractivity contribution is 9.10. The summed E-state index contributed by atoms with van der Waals surface area (Å²) >= 11 is 3.39. The largest absolute Gasteiger partial charge is 0.481 e. The Labute approximate surface area is 106 Å². The van der Waals surface area contributed by atoms with E-state index in [4.69, 9.17) is 9.84 Å². The highest BCUT2D eigenvalue weighted by atomic mass is 79.9. The van der Waals surface area contributed by atoms with E-state index in [1.807, 2.05) is 12.1 Å². The molecule has 0 amide bonds. The first-order valence-corrected chi connectivity index (χ1v) is 5.62. The third kappa shape index (κ3) is 2.36. The predicted octanol–water partition coefficient (Wildman–Crippen LogP) is 2.03. The van der Waals surface area contributed by atoms with E-state index in [1.54, 1.807) is 6.07 Å². The van der Waals surface area contributed by atoms with E-state index in [1.165, 1.54) is 7.11 Å². The third-order valence-corrected chi connectivity index (χ3v) is 2.85. The number of hydrogen-bond donors (Lipinski definition) is 1. The van der Waals surface area contributed by atoms with Crippen LogP contribution in [0.4, 0.5) is 0 Å². The molecule has 0 spiro atoms. The molecule has 0 aliphatic carbocycles. The highest BCUT2D eigenvalue weighted by Gasteiger charge is 2.12. The van der Waals surface area contributed by atoms with E-state index >= 15 is 0 Å². The summed E-state index contributed by atoms with van der Waals surface area (Å²) in [7, 11) is 1.49. The maximum atomic E-state index is 10.6. The fourth-order valence-corrected chi connectivity index (χ4v) is 2.04. The van der Waals surface area contributed by atoms with Gasteiger partial charge in [-0.25, -0.2) is 4.98 Å². The minimum Gasteiger partial charge on any atom is -0.481 e. The Morgan fingerprint density at radius 3 is 2.88 bits per heavy atom. The van der Waals surface area contributed by atoms with E-state index in [2.05, 4.69) is 25.9 Å². The van der Waals surface area contributed by atoms with Crippen LogP contribution in [0.2, 0.25) is 0 Å². The van der Waals surface area contributed by atoms with Gasteiger partial charge in [-0.05, 0) is 28.1 Å². The Morgan fingerprint density at radius 2 is 2.24 bits per heavy atom. The summed E-state index contributed by atoms with van der Waals surface area (Å²) in [6.45, 7) is 0. The number of carboxylic acids is 1. The van der Waals surface area contributed by atoms with Gasteiger partial charge >= 0.3 is 5.97 Å². The van der Waals surface area contributed by atoms with Gasteiger partial charge in [-0.1, -0.05) is 6.07 Å². The molecule has 6 heteroatoms. The molecule has 1 heterocycles. The van der Waals surface area contributed by atoms with E-state index in [0.717, 1.165) is 9.86 Å². The Kier molecular flexibility index (Phi) is 3.23. The second-order valence-electron chi connectivity index (χ2n) is 3.35. The summed E-state index contributed by atoms with van der Waals surface area (Å²) in [5.74, 6) is -0.361. The van der Waals surface area contributed by atoms with Crippen LogP contribution in [0.15, 0.2) is 22.7 Å².